The number of benzene rings is 2. The van der Waals surface area contributed by atoms with E-state index in [-0.39, 0.29) is 30.1 Å². The van der Waals surface area contributed by atoms with E-state index in [2.05, 4.69) is 43.1 Å². The Labute approximate surface area is 214 Å². The van der Waals surface area contributed by atoms with Crippen LogP contribution in [0.5, 0.6) is 0 Å². The normalized spacial score (nSPS) is 13.3. The number of aliphatic hydroxyl groups excluding tert-OH is 1. The van der Waals surface area contributed by atoms with Crippen LogP contribution in [0.2, 0.25) is 0 Å². The minimum absolute atomic E-state index is 0.0634. The number of carbonyl (C=O) groups is 1. The van der Waals surface area contributed by atoms with Crippen LogP contribution >= 0.6 is 22.6 Å². The van der Waals surface area contributed by atoms with E-state index < -0.39 is 39.7 Å². The van der Waals surface area contributed by atoms with Gasteiger partial charge in [0.15, 0.2) is 5.69 Å². The minimum atomic E-state index is -3.65. The molecule has 0 radical (unpaired) electrons. The maximum atomic E-state index is 13.7. The van der Waals surface area contributed by atoms with Crippen molar-refractivity contribution < 1.29 is 31.6 Å². The van der Waals surface area contributed by atoms with Gasteiger partial charge in [0, 0.05) is 28.8 Å². The van der Waals surface area contributed by atoms with E-state index in [4.69, 9.17) is 4.52 Å². The number of hydrogen-bond donors (Lipinski definition) is 4. The topological polar surface area (TPSA) is 134 Å². The molecule has 0 fully saturated rings. The summed E-state index contributed by atoms with van der Waals surface area (Å²) >= 11 is 2.19. The van der Waals surface area contributed by atoms with E-state index in [1.807, 2.05) is 24.3 Å². The van der Waals surface area contributed by atoms with Gasteiger partial charge >= 0.3 is 0 Å². The molecule has 4 N–H and O–H groups in total. The van der Waals surface area contributed by atoms with Gasteiger partial charge in [0.05, 0.1) is 18.4 Å². The molecule has 0 aliphatic rings. The third-order valence-corrected chi connectivity index (χ3v) is 6.00. The Hall–Kier alpha value is -2.62. The van der Waals surface area contributed by atoms with Gasteiger partial charge in [-0.1, -0.05) is 17.3 Å². The van der Waals surface area contributed by atoms with Crippen LogP contribution in [0, 0.1) is 15.2 Å². The third-order valence-electron chi connectivity index (χ3n) is 4.76. The van der Waals surface area contributed by atoms with Gasteiger partial charge in [0.1, 0.15) is 11.6 Å². The van der Waals surface area contributed by atoms with Crippen LogP contribution in [-0.2, 0) is 23.0 Å². The van der Waals surface area contributed by atoms with Gasteiger partial charge in [-0.3, -0.25) is 9.52 Å². The van der Waals surface area contributed by atoms with Crippen molar-refractivity contribution in [3.8, 4) is 0 Å². The van der Waals surface area contributed by atoms with Crippen molar-refractivity contribution in [3.63, 3.8) is 0 Å². The second-order valence-corrected chi connectivity index (χ2v) is 10.8. The number of sulfonamides is 1. The number of nitrogens with one attached hydrogen (secondary N) is 3. The fourth-order valence-corrected chi connectivity index (χ4v) is 4.34. The van der Waals surface area contributed by atoms with E-state index in [1.54, 1.807) is 0 Å². The molecule has 1 aromatic heterocycles. The van der Waals surface area contributed by atoms with Crippen LogP contribution in [0.4, 0.5) is 14.7 Å². The molecule has 0 bridgehead atoms. The SMILES string of the molecule is CS(=O)(=O)Nc1cc(C(=O)N[C@@H](Cc2cc(F)cc(F)c2)[C@H](O)CNCc2cccc(I)c2)no1. The molecular formula is C22H23F2IN4O5S. The summed E-state index contributed by atoms with van der Waals surface area (Å²) in [6.45, 7) is 0.515. The number of carbonyl (C=O) groups excluding carboxylic acids is 1. The van der Waals surface area contributed by atoms with E-state index in [0.29, 0.717) is 6.54 Å². The third kappa shape index (κ3) is 8.83. The molecule has 0 spiro atoms. The fourth-order valence-electron chi connectivity index (χ4n) is 3.27. The van der Waals surface area contributed by atoms with E-state index in [0.717, 1.165) is 39.7 Å². The summed E-state index contributed by atoms with van der Waals surface area (Å²) in [4.78, 5) is 12.7. The highest BCUT2D eigenvalue weighted by Gasteiger charge is 2.25. The van der Waals surface area contributed by atoms with Crippen LogP contribution in [-0.4, -0.2) is 49.5 Å². The highest BCUT2D eigenvalue weighted by molar-refractivity contribution is 14.1. The molecule has 35 heavy (non-hydrogen) atoms. The Morgan fingerprint density at radius 2 is 1.86 bits per heavy atom. The number of halogens is 3. The van der Waals surface area contributed by atoms with Gasteiger partial charge in [-0.05, 0) is 64.4 Å². The lowest BCUT2D eigenvalue weighted by atomic mass is 10.0. The summed E-state index contributed by atoms with van der Waals surface area (Å²) in [5.74, 6) is -2.61. The van der Waals surface area contributed by atoms with Crippen LogP contribution in [0.15, 0.2) is 53.1 Å². The number of rotatable bonds is 11. The lowest BCUT2D eigenvalue weighted by Crippen LogP contribution is -2.48. The van der Waals surface area contributed by atoms with Crippen LogP contribution in [0.3, 0.4) is 0 Å². The molecule has 3 aromatic rings. The van der Waals surface area contributed by atoms with Crippen molar-refractivity contribution in [2.75, 3.05) is 17.5 Å². The summed E-state index contributed by atoms with van der Waals surface area (Å²) < 4.78 is 57.9. The lowest BCUT2D eigenvalue weighted by Gasteiger charge is -2.24. The molecule has 2 aromatic carbocycles. The first-order valence-electron chi connectivity index (χ1n) is 10.3. The zero-order valence-corrected chi connectivity index (χ0v) is 21.4. The zero-order valence-electron chi connectivity index (χ0n) is 18.5. The largest absolute Gasteiger partial charge is 0.390 e. The van der Waals surface area contributed by atoms with Crippen LogP contribution < -0.4 is 15.4 Å². The number of hydrogen-bond acceptors (Lipinski definition) is 7. The van der Waals surface area contributed by atoms with Crippen LogP contribution in [0.1, 0.15) is 21.6 Å². The molecule has 0 aliphatic carbocycles. The van der Waals surface area contributed by atoms with E-state index in [1.165, 1.54) is 0 Å². The van der Waals surface area contributed by atoms with Crippen molar-refractivity contribution in [1.29, 1.82) is 0 Å². The molecule has 1 amide bonds. The molecule has 0 aliphatic heterocycles. The van der Waals surface area contributed by atoms with Crippen molar-refractivity contribution in [2.45, 2.75) is 25.1 Å². The first-order valence-corrected chi connectivity index (χ1v) is 13.3. The smallest absolute Gasteiger partial charge is 0.273 e. The highest BCUT2D eigenvalue weighted by atomic mass is 127. The van der Waals surface area contributed by atoms with Crippen LogP contribution in [0.25, 0.3) is 0 Å². The van der Waals surface area contributed by atoms with E-state index in [9.17, 15) is 27.1 Å². The summed E-state index contributed by atoms with van der Waals surface area (Å²) in [7, 11) is -3.65. The van der Waals surface area contributed by atoms with Gasteiger partial charge in [0.25, 0.3) is 5.91 Å². The maximum Gasteiger partial charge on any atom is 0.273 e. The average molecular weight is 620 g/mol. The molecule has 0 saturated carbocycles. The Balaban J connectivity index is 1.71. The van der Waals surface area contributed by atoms with Crippen molar-refractivity contribution in [1.82, 2.24) is 15.8 Å². The maximum absolute atomic E-state index is 13.7. The van der Waals surface area contributed by atoms with Gasteiger partial charge < -0.3 is 20.3 Å². The van der Waals surface area contributed by atoms with Crippen molar-refractivity contribution >= 4 is 44.4 Å². The number of anilines is 1. The number of amides is 1. The highest BCUT2D eigenvalue weighted by Crippen LogP contribution is 2.15. The van der Waals surface area contributed by atoms with Gasteiger partial charge in [-0.25, -0.2) is 17.2 Å². The molecule has 9 nitrogen and oxygen atoms in total. The lowest BCUT2D eigenvalue weighted by molar-refractivity contribution is 0.0821. The van der Waals surface area contributed by atoms with Gasteiger partial charge in [-0.15, -0.1) is 0 Å². The second kappa shape index (κ2) is 11.9. The summed E-state index contributed by atoms with van der Waals surface area (Å²) in [5, 5.41) is 20.0. The molecule has 0 unspecified atom stereocenters. The molecule has 188 valence electrons. The number of aromatic nitrogens is 1. The number of aliphatic hydroxyl groups is 1. The monoisotopic (exact) mass is 620 g/mol. The van der Waals surface area contributed by atoms with Gasteiger partial charge in [-0.2, -0.15) is 0 Å². The molecule has 1 heterocycles. The minimum Gasteiger partial charge on any atom is -0.390 e. The first kappa shape index (κ1) is 27.0. The molecule has 3 rings (SSSR count). The Bertz CT molecular complexity index is 1270. The summed E-state index contributed by atoms with van der Waals surface area (Å²) in [5.41, 5.74) is 0.972. The van der Waals surface area contributed by atoms with Crippen molar-refractivity contribution in [3.05, 3.63) is 80.6 Å². The molecule has 0 saturated heterocycles. The predicted octanol–water partition coefficient (Wildman–Crippen LogP) is 2.42. The molecule has 2 atom stereocenters. The first-order chi connectivity index (χ1) is 16.5. The summed E-state index contributed by atoms with van der Waals surface area (Å²) in [6.07, 6.45) is -0.323. The summed E-state index contributed by atoms with van der Waals surface area (Å²) in [6, 6.07) is 10.8. The number of nitrogens with zero attached hydrogens (tertiary/aromatic N) is 1. The standard InChI is InChI=1S/C22H23F2IN4O5S/c1-35(32,33)29-21-10-19(28-34-21)22(31)27-18(8-14-5-15(23)9-16(24)6-14)20(30)12-26-11-13-3-2-4-17(25)7-13/h2-7,9-10,18,20,26,29-30H,8,11-12H2,1H3,(H,27,31)/t18-,20+/m0/s1. The van der Waals surface area contributed by atoms with Crippen molar-refractivity contribution in [2.24, 2.45) is 0 Å². The Kier molecular flexibility index (Phi) is 9.15. The second-order valence-electron chi connectivity index (χ2n) is 7.84. The average Bonchev–Trinajstić information content (AvgIpc) is 3.19. The quantitative estimate of drug-likeness (QED) is 0.242. The molecular weight excluding hydrogens is 597 g/mol. The zero-order chi connectivity index (χ0) is 25.6. The Morgan fingerprint density at radius 3 is 2.51 bits per heavy atom. The predicted molar refractivity (Wildman–Crippen MR) is 133 cm³/mol. The fraction of sp³-hybridized carbons (Fsp3) is 0.273. The molecule has 13 heteroatoms. The Morgan fingerprint density at radius 1 is 1.14 bits per heavy atom. The van der Waals surface area contributed by atoms with E-state index >= 15 is 0 Å². The van der Waals surface area contributed by atoms with Gasteiger partial charge in [0.2, 0.25) is 15.9 Å².